The van der Waals surface area contributed by atoms with Gasteiger partial charge in [0.25, 0.3) is 0 Å². The Morgan fingerprint density at radius 1 is 1.27 bits per heavy atom. The van der Waals surface area contributed by atoms with Crippen molar-refractivity contribution >= 4 is 28.8 Å². The van der Waals surface area contributed by atoms with Gasteiger partial charge >= 0.3 is 0 Å². The normalized spacial score (nSPS) is 10.5. The number of hydrogen-bond donors (Lipinski definition) is 0. The van der Waals surface area contributed by atoms with Gasteiger partial charge in [0, 0.05) is 23.6 Å². The third kappa shape index (κ3) is 5.03. The van der Waals surface area contributed by atoms with Gasteiger partial charge in [-0.25, -0.2) is 4.98 Å². The van der Waals surface area contributed by atoms with E-state index < -0.39 is 0 Å². The third-order valence-electron chi connectivity index (χ3n) is 3.69. The Kier molecular flexibility index (Phi) is 6.20. The molecule has 0 spiro atoms. The van der Waals surface area contributed by atoms with E-state index in [4.69, 9.17) is 16.3 Å². The number of ether oxygens (including phenoxy) is 1. The molecule has 2 aromatic heterocycles. The molecule has 0 saturated heterocycles. The van der Waals surface area contributed by atoms with E-state index in [1.807, 2.05) is 35.7 Å². The molecule has 0 saturated carbocycles. The fourth-order valence-corrected chi connectivity index (χ4v) is 3.24. The number of halogens is 1. The molecular weight excluding hydrogens is 370 g/mol. The highest BCUT2D eigenvalue weighted by Crippen LogP contribution is 2.21. The van der Waals surface area contributed by atoms with Gasteiger partial charge in [-0.1, -0.05) is 23.7 Å². The quantitative estimate of drug-likeness (QED) is 0.616. The number of pyridine rings is 1. The molecule has 0 radical (unpaired) electrons. The minimum atomic E-state index is -0.00225. The lowest BCUT2D eigenvalue weighted by molar-refractivity contribution is -0.129. The van der Waals surface area contributed by atoms with Crippen LogP contribution in [0.15, 0.2) is 54.0 Å². The molecule has 0 atom stereocenters. The van der Waals surface area contributed by atoms with E-state index in [1.54, 1.807) is 30.3 Å². The summed E-state index contributed by atoms with van der Waals surface area (Å²) in [7, 11) is 1.76. The number of likely N-dealkylation sites (N-methyl/N-ethyl adjacent to an activating group) is 1. The highest BCUT2D eigenvalue weighted by molar-refractivity contribution is 7.13. The number of hydrogen-bond acceptors (Lipinski definition) is 5. The van der Waals surface area contributed by atoms with Crippen molar-refractivity contribution in [2.75, 3.05) is 20.2 Å². The molecule has 0 N–H and O–H groups in total. The van der Waals surface area contributed by atoms with Gasteiger partial charge in [0.2, 0.25) is 5.91 Å². The van der Waals surface area contributed by atoms with Gasteiger partial charge in [0.05, 0.1) is 24.4 Å². The zero-order valence-electron chi connectivity index (χ0n) is 14.3. The first-order chi connectivity index (χ1) is 12.6. The van der Waals surface area contributed by atoms with Crippen LogP contribution in [-0.4, -0.2) is 41.0 Å². The highest BCUT2D eigenvalue weighted by atomic mass is 35.5. The minimum Gasteiger partial charge on any atom is -0.492 e. The number of carbonyl (C=O) groups is 1. The van der Waals surface area contributed by atoms with Crippen molar-refractivity contribution in [2.24, 2.45) is 0 Å². The topological polar surface area (TPSA) is 55.3 Å². The van der Waals surface area contributed by atoms with E-state index in [0.29, 0.717) is 23.9 Å². The first-order valence-corrected chi connectivity index (χ1v) is 9.36. The largest absolute Gasteiger partial charge is 0.492 e. The van der Waals surface area contributed by atoms with E-state index in [9.17, 15) is 4.79 Å². The van der Waals surface area contributed by atoms with Crippen LogP contribution in [0.1, 0.15) is 5.69 Å². The molecule has 0 fully saturated rings. The van der Waals surface area contributed by atoms with Crippen molar-refractivity contribution in [1.82, 2.24) is 14.9 Å². The summed E-state index contributed by atoms with van der Waals surface area (Å²) in [5, 5.41) is 3.35. The molecule has 3 rings (SSSR count). The molecule has 1 amide bonds. The molecule has 7 heteroatoms. The predicted octanol–water partition coefficient (Wildman–Crippen LogP) is 3.94. The van der Waals surface area contributed by atoms with Crippen molar-refractivity contribution in [3.8, 4) is 16.5 Å². The maximum Gasteiger partial charge on any atom is 0.228 e. The summed E-state index contributed by atoms with van der Waals surface area (Å²) >= 11 is 7.41. The number of thiazole rings is 1. The average molecular weight is 388 g/mol. The monoisotopic (exact) mass is 387 g/mol. The van der Waals surface area contributed by atoms with Crippen molar-refractivity contribution < 1.29 is 9.53 Å². The molecule has 0 unspecified atom stereocenters. The Labute approximate surface area is 161 Å². The van der Waals surface area contributed by atoms with Gasteiger partial charge in [-0.15, -0.1) is 11.3 Å². The number of benzene rings is 1. The van der Waals surface area contributed by atoms with Gasteiger partial charge in [-0.05, 0) is 30.3 Å². The first kappa shape index (κ1) is 18.4. The van der Waals surface area contributed by atoms with Crippen LogP contribution in [0.4, 0.5) is 0 Å². The van der Waals surface area contributed by atoms with Gasteiger partial charge in [-0.2, -0.15) is 0 Å². The summed E-state index contributed by atoms with van der Waals surface area (Å²) < 4.78 is 5.62. The van der Waals surface area contributed by atoms with Crippen molar-refractivity contribution in [1.29, 1.82) is 0 Å². The summed E-state index contributed by atoms with van der Waals surface area (Å²) in [5.74, 6) is 0.690. The second-order valence-electron chi connectivity index (χ2n) is 5.66. The fraction of sp³-hybridized carbons (Fsp3) is 0.211. The second-order valence-corrected chi connectivity index (χ2v) is 6.95. The minimum absolute atomic E-state index is 0.00225. The molecule has 5 nitrogen and oxygen atoms in total. The number of aromatic nitrogens is 2. The van der Waals surface area contributed by atoms with Crippen LogP contribution in [-0.2, 0) is 11.2 Å². The van der Waals surface area contributed by atoms with Gasteiger partial charge < -0.3 is 9.64 Å². The van der Waals surface area contributed by atoms with Crippen molar-refractivity contribution in [3.63, 3.8) is 0 Å². The number of rotatable bonds is 7. The summed E-state index contributed by atoms with van der Waals surface area (Å²) in [6.07, 6.45) is 1.99. The van der Waals surface area contributed by atoms with Crippen LogP contribution in [0.2, 0.25) is 5.02 Å². The number of carbonyl (C=O) groups excluding carboxylic acids is 1. The van der Waals surface area contributed by atoms with E-state index in [2.05, 4.69) is 9.97 Å². The third-order valence-corrected chi connectivity index (χ3v) is 4.83. The molecule has 0 bridgehead atoms. The maximum atomic E-state index is 12.4. The van der Waals surface area contributed by atoms with E-state index >= 15 is 0 Å². The zero-order chi connectivity index (χ0) is 18.4. The van der Waals surface area contributed by atoms with E-state index in [0.717, 1.165) is 16.4 Å². The summed E-state index contributed by atoms with van der Waals surface area (Å²) in [6.45, 7) is 0.890. The standard InChI is InChI=1S/C19H18ClN3O2S/c1-23(9-10-25-16-6-4-5-14(20)11-16)18(24)12-15-13-26-19(22-15)17-7-2-3-8-21-17/h2-8,11,13H,9-10,12H2,1H3. The SMILES string of the molecule is CN(CCOc1cccc(Cl)c1)C(=O)Cc1csc(-c2ccccn2)n1. The van der Waals surface area contributed by atoms with Crippen LogP contribution >= 0.6 is 22.9 Å². The number of amides is 1. The Hall–Kier alpha value is -2.44. The molecule has 1 aromatic carbocycles. The smallest absolute Gasteiger partial charge is 0.228 e. The molecule has 2 heterocycles. The van der Waals surface area contributed by atoms with Gasteiger partial charge in [0.1, 0.15) is 17.4 Å². The predicted molar refractivity (Wildman–Crippen MR) is 104 cm³/mol. The fourth-order valence-electron chi connectivity index (χ4n) is 2.27. The Bertz CT molecular complexity index is 870. The molecule has 0 aliphatic carbocycles. The second kappa shape index (κ2) is 8.78. The van der Waals surface area contributed by atoms with Crippen molar-refractivity contribution in [2.45, 2.75) is 6.42 Å². The maximum absolute atomic E-state index is 12.4. The summed E-state index contributed by atoms with van der Waals surface area (Å²) in [4.78, 5) is 22.8. The molecule has 134 valence electrons. The summed E-state index contributed by atoms with van der Waals surface area (Å²) in [5.41, 5.74) is 1.57. The van der Waals surface area contributed by atoms with Crippen LogP contribution in [0.25, 0.3) is 10.7 Å². The lowest BCUT2D eigenvalue weighted by atomic mass is 10.3. The molecule has 0 aliphatic rings. The Morgan fingerprint density at radius 3 is 2.92 bits per heavy atom. The van der Waals surface area contributed by atoms with Crippen LogP contribution < -0.4 is 4.74 Å². The van der Waals surface area contributed by atoms with Crippen LogP contribution in [0.5, 0.6) is 5.75 Å². The average Bonchev–Trinajstić information content (AvgIpc) is 3.11. The molecule has 0 aliphatic heterocycles. The van der Waals surface area contributed by atoms with Crippen molar-refractivity contribution in [3.05, 3.63) is 64.8 Å². The molecular formula is C19H18ClN3O2S. The van der Waals surface area contributed by atoms with E-state index in [-0.39, 0.29) is 12.3 Å². The molecule has 3 aromatic rings. The first-order valence-electron chi connectivity index (χ1n) is 8.10. The van der Waals surface area contributed by atoms with Gasteiger partial charge in [-0.3, -0.25) is 9.78 Å². The van der Waals surface area contributed by atoms with Crippen LogP contribution in [0.3, 0.4) is 0 Å². The lowest BCUT2D eigenvalue weighted by Crippen LogP contribution is -2.32. The zero-order valence-corrected chi connectivity index (χ0v) is 15.8. The van der Waals surface area contributed by atoms with Crippen LogP contribution in [0, 0.1) is 0 Å². The number of nitrogens with zero attached hydrogens (tertiary/aromatic N) is 3. The summed E-state index contributed by atoms with van der Waals surface area (Å²) in [6, 6.07) is 12.9. The Morgan fingerprint density at radius 2 is 2.15 bits per heavy atom. The lowest BCUT2D eigenvalue weighted by Gasteiger charge is -2.17. The van der Waals surface area contributed by atoms with E-state index in [1.165, 1.54) is 11.3 Å². The van der Waals surface area contributed by atoms with Gasteiger partial charge in [0.15, 0.2) is 0 Å². The Balaban J connectivity index is 1.49. The highest BCUT2D eigenvalue weighted by Gasteiger charge is 2.13. The molecule has 26 heavy (non-hydrogen) atoms.